The maximum Gasteiger partial charge on any atom is 0.261 e. The van der Waals surface area contributed by atoms with Crippen molar-refractivity contribution in [3.05, 3.63) is 53.0 Å². The lowest BCUT2D eigenvalue weighted by Gasteiger charge is -2.34. The summed E-state index contributed by atoms with van der Waals surface area (Å²) < 4.78 is 69.5. The van der Waals surface area contributed by atoms with E-state index in [4.69, 9.17) is 0 Å². The second-order valence-corrected chi connectivity index (χ2v) is 9.89. The number of fused-ring (bicyclic) bond motifs is 1. The topological polar surface area (TPSA) is 87.7 Å². The highest BCUT2D eigenvalue weighted by Crippen LogP contribution is 2.32. The smallest absolute Gasteiger partial charge is 0.261 e. The molecule has 4 rings (SSSR count). The van der Waals surface area contributed by atoms with Gasteiger partial charge in [0.1, 0.15) is 4.90 Å². The fourth-order valence-corrected chi connectivity index (χ4v) is 5.46. The molecule has 0 N–H and O–H groups in total. The molecular weight excluding hydrogens is 447 g/mol. The standard InChI is InChI=1S/C21H20F3N3O4S/c1-12-6-4-5-9-26(12)19-16(23)17(15(22)18(24)25-19)32(30,31)11-10-27-20(28)13-7-2-3-8-14(13)21(27)29/h2-3,7-8,12H,4-6,9-11H2,1H3/t12-/m0/s1. The van der Waals surface area contributed by atoms with Crippen LogP contribution in [0, 0.1) is 17.6 Å². The number of hydrogen-bond acceptors (Lipinski definition) is 6. The predicted octanol–water partition coefficient (Wildman–Crippen LogP) is 2.95. The molecule has 2 amide bonds. The van der Waals surface area contributed by atoms with Crippen LogP contribution in [0.15, 0.2) is 29.2 Å². The molecule has 0 aliphatic carbocycles. The van der Waals surface area contributed by atoms with Gasteiger partial charge in [-0.25, -0.2) is 17.2 Å². The van der Waals surface area contributed by atoms with E-state index in [9.17, 15) is 26.8 Å². The Labute approximate surface area is 182 Å². The lowest BCUT2D eigenvalue weighted by molar-refractivity contribution is 0.0664. The first-order valence-corrected chi connectivity index (χ1v) is 11.8. The lowest BCUT2D eigenvalue weighted by Crippen LogP contribution is -2.39. The van der Waals surface area contributed by atoms with E-state index in [0.717, 1.165) is 6.42 Å². The highest BCUT2D eigenvalue weighted by molar-refractivity contribution is 7.91. The van der Waals surface area contributed by atoms with Crippen LogP contribution in [0.4, 0.5) is 19.0 Å². The zero-order valence-electron chi connectivity index (χ0n) is 17.1. The van der Waals surface area contributed by atoms with Crippen LogP contribution in [0.25, 0.3) is 0 Å². The van der Waals surface area contributed by atoms with Crippen molar-refractivity contribution in [1.82, 2.24) is 9.88 Å². The number of hydrogen-bond donors (Lipinski definition) is 0. The highest BCUT2D eigenvalue weighted by atomic mass is 32.2. The molecule has 32 heavy (non-hydrogen) atoms. The SMILES string of the molecule is C[C@H]1CCCCN1c1nc(F)c(F)c(S(=O)(=O)CCN2C(=O)c3ccccc3C2=O)c1F. The van der Waals surface area contributed by atoms with Crippen molar-refractivity contribution < 1.29 is 31.2 Å². The number of anilines is 1. The Hall–Kier alpha value is -2.95. The first-order valence-electron chi connectivity index (χ1n) is 10.1. The number of amides is 2. The van der Waals surface area contributed by atoms with Crippen molar-refractivity contribution >= 4 is 27.5 Å². The monoisotopic (exact) mass is 467 g/mol. The summed E-state index contributed by atoms with van der Waals surface area (Å²) >= 11 is 0. The molecule has 0 saturated carbocycles. The molecule has 1 fully saturated rings. The largest absolute Gasteiger partial charge is 0.351 e. The van der Waals surface area contributed by atoms with Gasteiger partial charge in [-0.15, -0.1) is 0 Å². The summed E-state index contributed by atoms with van der Waals surface area (Å²) in [5.41, 5.74) is 0.229. The average molecular weight is 467 g/mol. The van der Waals surface area contributed by atoms with Crippen LogP contribution in [0.2, 0.25) is 0 Å². The van der Waals surface area contributed by atoms with E-state index in [0.29, 0.717) is 24.3 Å². The van der Waals surface area contributed by atoms with Gasteiger partial charge in [0.25, 0.3) is 17.8 Å². The summed E-state index contributed by atoms with van der Waals surface area (Å²) in [6.45, 7) is 1.45. The molecule has 2 aliphatic heterocycles. The van der Waals surface area contributed by atoms with Gasteiger partial charge in [0.15, 0.2) is 27.3 Å². The van der Waals surface area contributed by atoms with Crippen molar-refractivity contribution in [2.45, 2.75) is 37.1 Å². The molecule has 1 aromatic heterocycles. The van der Waals surface area contributed by atoms with Crippen molar-refractivity contribution in [2.24, 2.45) is 0 Å². The van der Waals surface area contributed by atoms with Crippen LogP contribution in [0.1, 0.15) is 46.9 Å². The van der Waals surface area contributed by atoms with Crippen LogP contribution in [0.5, 0.6) is 0 Å². The van der Waals surface area contributed by atoms with Crippen molar-refractivity contribution in [2.75, 3.05) is 23.7 Å². The van der Waals surface area contributed by atoms with Gasteiger partial charge in [0, 0.05) is 19.1 Å². The van der Waals surface area contributed by atoms with Crippen molar-refractivity contribution in [3.8, 4) is 0 Å². The number of aromatic nitrogens is 1. The number of carbonyl (C=O) groups is 2. The van der Waals surface area contributed by atoms with Gasteiger partial charge in [-0.1, -0.05) is 12.1 Å². The quantitative estimate of drug-likeness (QED) is 0.496. The van der Waals surface area contributed by atoms with E-state index in [1.807, 2.05) is 0 Å². The second kappa shape index (κ2) is 8.19. The van der Waals surface area contributed by atoms with Gasteiger partial charge in [-0.2, -0.15) is 9.37 Å². The number of nitrogens with zero attached hydrogens (tertiary/aromatic N) is 3. The van der Waals surface area contributed by atoms with Crippen LogP contribution < -0.4 is 4.90 Å². The van der Waals surface area contributed by atoms with Crippen molar-refractivity contribution in [3.63, 3.8) is 0 Å². The predicted molar refractivity (Wildman–Crippen MR) is 109 cm³/mol. The van der Waals surface area contributed by atoms with E-state index < -0.39 is 62.2 Å². The molecule has 2 aromatic rings. The molecule has 7 nitrogen and oxygen atoms in total. The second-order valence-electron chi connectivity index (χ2n) is 7.85. The molecule has 0 unspecified atom stereocenters. The molecular formula is C21H20F3N3O4S. The average Bonchev–Trinajstić information content (AvgIpc) is 3.00. The minimum absolute atomic E-state index is 0.114. The summed E-state index contributed by atoms with van der Waals surface area (Å²) in [5, 5.41) is 0. The normalized spacial score (nSPS) is 18.9. The van der Waals surface area contributed by atoms with Gasteiger partial charge in [0.2, 0.25) is 0 Å². The number of imide groups is 1. The Morgan fingerprint density at radius 1 is 1.03 bits per heavy atom. The van der Waals surface area contributed by atoms with Gasteiger partial charge in [0.05, 0.1) is 16.9 Å². The number of rotatable bonds is 5. The third kappa shape index (κ3) is 3.64. The van der Waals surface area contributed by atoms with Crippen LogP contribution >= 0.6 is 0 Å². The van der Waals surface area contributed by atoms with E-state index in [1.54, 1.807) is 19.1 Å². The lowest BCUT2D eigenvalue weighted by atomic mass is 10.0. The summed E-state index contributed by atoms with van der Waals surface area (Å²) in [5.74, 6) is -8.05. The Kier molecular flexibility index (Phi) is 5.70. The molecule has 2 aliphatic rings. The number of halogens is 3. The molecule has 1 saturated heterocycles. The molecule has 11 heteroatoms. The van der Waals surface area contributed by atoms with Gasteiger partial charge in [-0.3, -0.25) is 14.5 Å². The molecule has 0 radical (unpaired) electrons. The number of sulfone groups is 1. The maximum atomic E-state index is 15.2. The Bertz CT molecular complexity index is 1180. The van der Waals surface area contributed by atoms with Crippen molar-refractivity contribution in [1.29, 1.82) is 0 Å². The fraction of sp³-hybridized carbons (Fsp3) is 0.381. The van der Waals surface area contributed by atoms with Gasteiger partial charge < -0.3 is 4.90 Å². The number of piperidine rings is 1. The minimum Gasteiger partial charge on any atom is -0.351 e. The van der Waals surface area contributed by atoms with Crippen LogP contribution in [0.3, 0.4) is 0 Å². The third-order valence-corrected chi connectivity index (χ3v) is 7.53. The summed E-state index contributed by atoms with van der Waals surface area (Å²) in [4.78, 5) is 28.9. The number of carbonyl (C=O) groups excluding carboxylic acids is 2. The zero-order valence-corrected chi connectivity index (χ0v) is 18.0. The highest BCUT2D eigenvalue weighted by Gasteiger charge is 2.38. The molecule has 3 heterocycles. The summed E-state index contributed by atoms with van der Waals surface area (Å²) in [6.07, 6.45) is 2.21. The van der Waals surface area contributed by atoms with E-state index in [1.165, 1.54) is 17.0 Å². The fourth-order valence-electron chi connectivity index (χ4n) is 4.11. The molecule has 170 valence electrons. The van der Waals surface area contributed by atoms with Crippen LogP contribution in [-0.2, 0) is 9.84 Å². The number of benzene rings is 1. The number of pyridine rings is 1. The first kappa shape index (κ1) is 22.3. The van der Waals surface area contributed by atoms with Gasteiger partial charge in [-0.05, 0) is 38.3 Å². The molecule has 0 spiro atoms. The third-order valence-electron chi connectivity index (χ3n) is 5.83. The summed E-state index contributed by atoms with van der Waals surface area (Å²) in [6, 6.07) is 5.72. The minimum atomic E-state index is -4.75. The molecule has 0 bridgehead atoms. The molecule has 1 atom stereocenters. The van der Waals surface area contributed by atoms with Gasteiger partial charge >= 0.3 is 0 Å². The maximum absolute atomic E-state index is 15.2. The van der Waals surface area contributed by atoms with E-state index in [2.05, 4.69) is 4.98 Å². The molecule has 1 aromatic carbocycles. The van der Waals surface area contributed by atoms with E-state index >= 15 is 4.39 Å². The zero-order chi connectivity index (χ0) is 23.2. The Balaban J connectivity index is 1.64. The Morgan fingerprint density at radius 2 is 1.66 bits per heavy atom. The first-order chi connectivity index (χ1) is 15.1. The van der Waals surface area contributed by atoms with E-state index in [-0.39, 0.29) is 17.2 Å². The van der Waals surface area contributed by atoms with Crippen LogP contribution in [-0.4, -0.2) is 55.0 Å². The summed E-state index contributed by atoms with van der Waals surface area (Å²) in [7, 11) is -4.75. The Morgan fingerprint density at radius 3 is 2.25 bits per heavy atom.